The van der Waals surface area contributed by atoms with Gasteiger partial charge >= 0.3 is 0 Å². The van der Waals surface area contributed by atoms with Crippen molar-refractivity contribution < 1.29 is 22.4 Å². The summed E-state index contributed by atoms with van der Waals surface area (Å²) in [5.74, 6) is -0.896. The lowest BCUT2D eigenvalue weighted by atomic mass is 10.1. The monoisotopic (exact) mass is 422 g/mol. The highest BCUT2D eigenvalue weighted by atomic mass is 19.3. The van der Waals surface area contributed by atoms with Gasteiger partial charge in [-0.05, 0) is 25.8 Å². The molecule has 0 bridgehead atoms. The Morgan fingerprint density at radius 1 is 1.30 bits per heavy atom. The molecular weight excluding hydrogens is 404 g/mol. The van der Waals surface area contributed by atoms with Crippen molar-refractivity contribution in [3.8, 4) is 0 Å². The van der Waals surface area contributed by atoms with Crippen LogP contribution < -0.4 is 10.2 Å². The number of anilines is 2. The van der Waals surface area contributed by atoms with Crippen molar-refractivity contribution in [1.29, 1.82) is 0 Å². The summed E-state index contributed by atoms with van der Waals surface area (Å²) in [7, 11) is 0. The summed E-state index contributed by atoms with van der Waals surface area (Å²) in [5, 5.41) is 6.78. The Morgan fingerprint density at radius 2 is 2.10 bits per heavy atom. The van der Waals surface area contributed by atoms with Crippen LogP contribution in [0.3, 0.4) is 0 Å². The molecule has 1 unspecified atom stereocenters. The van der Waals surface area contributed by atoms with Crippen molar-refractivity contribution in [1.82, 2.24) is 19.6 Å². The van der Waals surface area contributed by atoms with Crippen LogP contribution in [0.1, 0.15) is 28.9 Å². The van der Waals surface area contributed by atoms with Crippen molar-refractivity contribution in [2.24, 2.45) is 0 Å². The number of aryl methyl sites for hydroxylation is 1. The van der Waals surface area contributed by atoms with Crippen LogP contribution in [0.25, 0.3) is 5.65 Å². The molecule has 158 valence electrons. The second-order valence-electron chi connectivity index (χ2n) is 7.04. The fourth-order valence-electron chi connectivity index (χ4n) is 3.70. The van der Waals surface area contributed by atoms with E-state index >= 15 is 0 Å². The van der Waals surface area contributed by atoms with Crippen molar-refractivity contribution >= 4 is 23.1 Å². The predicted octanol–water partition coefficient (Wildman–Crippen LogP) is 3.40. The van der Waals surface area contributed by atoms with Gasteiger partial charge in [0.25, 0.3) is 12.3 Å². The van der Waals surface area contributed by atoms with Crippen LogP contribution in [0.5, 0.6) is 0 Å². The van der Waals surface area contributed by atoms with E-state index in [0.29, 0.717) is 18.7 Å². The summed E-state index contributed by atoms with van der Waals surface area (Å²) in [6.45, 7) is 1.99. The average molecular weight is 422 g/mol. The molecule has 3 aromatic heterocycles. The van der Waals surface area contributed by atoms with E-state index in [1.54, 1.807) is 13.0 Å². The molecule has 11 heteroatoms. The zero-order chi connectivity index (χ0) is 21.4. The topological polar surface area (TPSA) is 75.4 Å². The van der Waals surface area contributed by atoms with Crippen LogP contribution in [-0.2, 0) is 0 Å². The average Bonchev–Trinajstić information content (AvgIpc) is 3.30. The van der Waals surface area contributed by atoms with Crippen LogP contribution in [0.15, 0.2) is 30.7 Å². The number of carbonyl (C=O) groups is 1. The maximum atomic E-state index is 14.0. The largest absolute Gasteiger partial charge is 0.350 e. The second kappa shape index (κ2) is 7.88. The first-order valence-corrected chi connectivity index (χ1v) is 9.32. The molecule has 3 aromatic rings. The Kier molecular flexibility index (Phi) is 5.27. The number of alkyl halides is 3. The number of aromatic nitrogens is 4. The number of carbonyl (C=O) groups excluding carboxylic acids is 1. The zero-order valence-electron chi connectivity index (χ0n) is 15.9. The standard InChI is InChI=1S/C19H18F4N6O/c1-10-15(19(30)25-12-7-11(20)8-24-9-12)18-26-14(4-6-29(18)27-10)28-5-2-3-13(28)16(21)17(22)23/h4,6-9,13,16-17H,2-3,5H2,1H3,(H,25,30)/t13-,16?/m0/s1. The molecule has 7 nitrogen and oxygen atoms in total. The number of nitrogens with one attached hydrogen (secondary N) is 1. The predicted molar refractivity (Wildman–Crippen MR) is 101 cm³/mol. The summed E-state index contributed by atoms with van der Waals surface area (Å²) in [5.41, 5.74) is 0.856. The minimum atomic E-state index is -3.09. The Morgan fingerprint density at radius 3 is 2.83 bits per heavy atom. The molecule has 1 fully saturated rings. The van der Waals surface area contributed by atoms with Gasteiger partial charge in [-0.2, -0.15) is 5.10 Å². The number of halogens is 4. The van der Waals surface area contributed by atoms with E-state index in [2.05, 4.69) is 20.4 Å². The first kappa shape index (κ1) is 20.0. The van der Waals surface area contributed by atoms with Crippen LogP contribution in [0, 0.1) is 12.7 Å². The maximum absolute atomic E-state index is 14.0. The fourth-order valence-corrected chi connectivity index (χ4v) is 3.70. The molecule has 4 rings (SSSR count). The zero-order valence-corrected chi connectivity index (χ0v) is 15.9. The van der Waals surface area contributed by atoms with E-state index in [-0.39, 0.29) is 29.1 Å². The number of nitrogens with zero attached hydrogens (tertiary/aromatic N) is 5. The normalized spacial score (nSPS) is 17.7. The van der Waals surface area contributed by atoms with Gasteiger partial charge in [0.15, 0.2) is 11.8 Å². The lowest BCUT2D eigenvalue weighted by Crippen LogP contribution is -2.40. The van der Waals surface area contributed by atoms with Crippen LogP contribution in [0.4, 0.5) is 29.1 Å². The van der Waals surface area contributed by atoms with Crippen LogP contribution in [-0.4, -0.2) is 50.7 Å². The molecule has 30 heavy (non-hydrogen) atoms. The van der Waals surface area contributed by atoms with E-state index in [1.807, 2.05) is 0 Å². The highest BCUT2D eigenvalue weighted by molar-refractivity contribution is 6.09. The number of hydrogen-bond acceptors (Lipinski definition) is 5. The molecule has 0 spiro atoms. The number of fused-ring (bicyclic) bond motifs is 1. The molecule has 0 aromatic carbocycles. The Bertz CT molecular complexity index is 1090. The van der Waals surface area contributed by atoms with Crippen molar-refractivity contribution in [2.45, 2.75) is 38.4 Å². The van der Waals surface area contributed by atoms with Crippen molar-refractivity contribution in [3.05, 3.63) is 47.8 Å². The quantitative estimate of drug-likeness (QED) is 0.638. The van der Waals surface area contributed by atoms with Gasteiger partial charge in [-0.3, -0.25) is 9.78 Å². The number of hydrogen-bond donors (Lipinski definition) is 1. The molecule has 1 aliphatic heterocycles. The van der Waals surface area contributed by atoms with Gasteiger partial charge in [0, 0.05) is 18.8 Å². The highest BCUT2D eigenvalue weighted by Gasteiger charge is 2.38. The molecule has 1 N–H and O–H groups in total. The van der Waals surface area contributed by atoms with E-state index in [4.69, 9.17) is 0 Å². The third-order valence-electron chi connectivity index (χ3n) is 5.04. The van der Waals surface area contributed by atoms with Crippen LogP contribution >= 0.6 is 0 Å². The summed E-state index contributed by atoms with van der Waals surface area (Å²) < 4.78 is 54.6. The number of amides is 1. The van der Waals surface area contributed by atoms with E-state index in [0.717, 1.165) is 12.3 Å². The van der Waals surface area contributed by atoms with Gasteiger partial charge in [0.05, 0.1) is 29.8 Å². The first-order chi connectivity index (χ1) is 14.3. The van der Waals surface area contributed by atoms with Gasteiger partial charge in [0.1, 0.15) is 17.2 Å². The smallest absolute Gasteiger partial charge is 0.271 e. The Hall–Kier alpha value is -3.24. The van der Waals surface area contributed by atoms with E-state index < -0.39 is 30.4 Å². The molecule has 0 aliphatic carbocycles. The second-order valence-corrected chi connectivity index (χ2v) is 7.04. The van der Waals surface area contributed by atoms with Gasteiger partial charge in [-0.1, -0.05) is 0 Å². The molecular formula is C19H18F4N6O. The SMILES string of the molecule is Cc1nn2ccc(N3CCC[C@H]3C(F)C(F)F)nc2c1C(=O)Nc1cncc(F)c1. The molecule has 2 atom stereocenters. The molecule has 0 saturated carbocycles. The Balaban J connectivity index is 1.68. The lowest BCUT2D eigenvalue weighted by molar-refractivity contribution is 0.0364. The number of rotatable bonds is 5. The maximum Gasteiger partial charge on any atom is 0.271 e. The first-order valence-electron chi connectivity index (χ1n) is 9.32. The summed E-state index contributed by atoms with van der Waals surface area (Å²) in [4.78, 5) is 22.4. The van der Waals surface area contributed by atoms with E-state index in [9.17, 15) is 22.4 Å². The minimum absolute atomic E-state index is 0.141. The van der Waals surface area contributed by atoms with Gasteiger partial charge in [-0.25, -0.2) is 27.1 Å². The molecule has 1 saturated heterocycles. The molecule has 1 amide bonds. The molecule has 0 radical (unpaired) electrons. The third kappa shape index (κ3) is 3.66. The molecule has 4 heterocycles. The Labute approximate surface area is 168 Å². The minimum Gasteiger partial charge on any atom is -0.350 e. The summed E-state index contributed by atoms with van der Waals surface area (Å²) in [6.07, 6.45) is -0.691. The number of pyridine rings is 1. The van der Waals surface area contributed by atoms with Gasteiger partial charge < -0.3 is 10.2 Å². The summed E-state index contributed by atoms with van der Waals surface area (Å²) in [6, 6.07) is 1.68. The van der Waals surface area contributed by atoms with Crippen molar-refractivity contribution in [3.63, 3.8) is 0 Å². The third-order valence-corrected chi connectivity index (χ3v) is 5.04. The lowest BCUT2D eigenvalue weighted by Gasteiger charge is -2.27. The van der Waals surface area contributed by atoms with Crippen LogP contribution in [0.2, 0.25) is 0 Å². The van der Waals surface area contributed by atoms with Gasteiger partial charge in [-0.15, -0.1) is 0 Å². The molecule has 1 aliphatic rings. The summed E-state index contributed by atoms with van der Waals surface area (Å²) >= 11 is 0. The van der Waals surface area contributed by atoms with Crippen molar-refractivity contribution in [2.75, 3.05) is 16.8 Å². The van der Waals surface area contributed by atoms with E-state index in [1.165, 1.54) is 21.8 Å². The highest BCUT2D eigenvalue weighted by Crippen LogP contribution is 2.30. The fraction of sp³-hybridized carbons (Fsp3) is 0.368. The van der Waals surface area contributed by atoms with Gasteiger partial charge in [0.2, 0.25) is 0 Å².